The molecule has 2 N–H and O–H groups in total. The largest absolute Gasteiger partial charge is 0.324 e. The Hall–Kier alpha value is -1.68. The molecular formula is C14H20N4. The quantitative estimate of drug-likeness (QED) is 0.902. The van der Waals surface area contributed by atoms with Crippen molar-refractivity contribution in [3.63, 3.8) is 0 Å². The standard InChI is InChI=1S/C14H20N4/c1-9(2)14-16-13(8-15)17-18(14)12-7-5-6-10(3)11(12)4/h5-7,9H,8,15H2,1-4H3. The van der Waals surface area contributed by atoms with E-state index in [1.807, 2.05) is 10.7 Å². The summed E-state index contributed by atoms with van der Waals surface area (Å²) in [5.41, 5.74) is 9.21. The molecule has 0 aliphatic rings. The molecule has 0 fully saturated rings. The number of aryl methyl sites for hydroxylation is 1. The molecule has 1 aromatic carbocycles. The van der Waals surface area contributed by atoms with Gasteiger partial charge < -0.3 is 5.73 Å². The average Bonchev–Trinajstić information content (AvgIpc) is 2.77. The number of nitrogens with zero attached hydrogens (tertiary/aromatic N) is 3. The first-order chi connectivity index (χ1) is 8.54. The van der Waals surface area contributed by atoms with E-state index in [0.29, 0.717) is 18.3 Å². The molecule has 0 spiro atoms. The second-order valence-corrected chi connectivity index (χ2v) is 4.88. The summed E-state index contributed by atoms with van der Waals surface area (Å²) in [4.78, 5) is 4.50. The van der Waals surface area contributed by atoms with Crippen molar-refractivity contribution in [1.82, 2.24) is 14.8 Å². The fraction of sp³-hybridized carbons (Fsp3) is 0.429. The molecule has 1 aromatic heterocycles. The van der Waals surface area contributed by atoms with Gasteiger partial charge in [0, 0.05) is 5.92 Å². The Morgan fingerprint density at radius 1 is 1.28 bits per heavy atom. The minimum absolute atomic E-state index is 0.317. The van der Waals surface area contributed by atoms with Crippen LogP contribution in [0.2, 0.25) is 0 Å². The predicted octanol–water partition coefficient (Wildman–Crippen LogP) is 2.47. The maximum Gasteiger partial charge on any atom is 0.164 e. The monoisotopic (exact) mass is 244 g/mol. The van der Waals surface area contributed by atoms with Gasteiger partial charge in [-0.3, -0.25) is 0 Å². The van der Waals surface area contributed by atoms with Crippen LogP contribution < -0.4 is 5.73 Å². The van der Waals surface area contributed by atoms with Crippen LogP contribution in [0.15, 0.2) is 18.2 Å². The van der Waals surface area contributed by atoms with Crippen molar-refractivity contribution in [1.29, 1.82) is 0 Å². The smallest absolute Gasteiger partial charge is 0.164 e. The van der Waals surface area contributed by atoms with Crippen LogP contribution in [0.3, 0.4) is 0 Å². The van der Waals surface area contributed by atoms with Crippen LogP contribution in [0, 0.1) is 13.8 Å². The maximum absolute atomic E-state index is 5.64. The molecular weight excluding hydrogens is 224 g/mol. The Morgan fingerprint density at radius 2 is 2.00 bits per heavy atom. The van der Waals surface area contributed by atoms with Crippen molar-refractivity contribution in [2.24, 2.45) is 5.73 Å². The van der Waals surface area contributed by atoms with Crippen LogP contribution in [0.25, 0.3) is 5.69 Å². The van der Waals surface area contributed by atoms with E-state index in [2.05, 4.69) is 49.9 Å². The lowest BCUT2D eigenvalue weighted by Crippen LogP contribution is -2.07. The van der Waals surface area contributed by atoms with E-state index in [4.69, 9.17) is 5.73 Å². The molecule has 0 atom stereocenters. The van der Waals surface area contributed by atoms with Crippen molar-refractivity contribution >= 4 is 0 Å². The van der Waals surface area contributed by atoms with Crippen LogP contribution in [-0.4, -0.2) is 14.8 Å². The zero-order valence-electron chi connectivity index (χ0n) is 11.4. The van der Waals surface area contributed by atoms with E-state index in [-0.39, 0.29) is 0 Å². The summed E-state index contributed by atoms with van der Waals surface area (Å²) in [5.74, 6) is 1.97. The minimum Gasteiger partial charge on any atom is -0.324 e. The first-order valence-corrected chi connectivity index (χ1v) is 6.27. The highest BCUT2D eigenvalue weighted by atomic mass is 15.4. The number of aromatic nitrogens is 3. The van der Waals surface area contributed by atoms with Crippen LogP contribution in [0.1, 0.15) is 42.5 Å². The lowest BCUT2D eigenvalue weighted by molar-refractivity contribution is 0.710. The average molecular weight is 244 g/mol. The van der Waals surface area contributed by atoms with Crippen molar-refractivity contribution in [2.45, 2.75) is 40.2 Å². The first kappa shape index (κ1) is 12.8. The summed E-state index contributed by atoms with van der Waals surface area (Å²) in [6.45, 7) is 8.82. The summed E-state index contributed by atoms with van der Waals surface area (Å²) in [7, 11) is 0. The molecule has 0 unspecified atom stereocenters. The molecule has 4 nitrogen and oxygen atoms in total. The lowest BCUT2D eigenvalue weighted by atomic mass is 10.1. The van der Waals surface area contributed by atoms with E-state index in [1.54, 1.807) is 0 Å². The second-order valence-electron chi connectivity index (χ2n) is 4.88. The highest BCUT2D eigenvalue weighted by molar-refractivity contribution is 5.44. The van der Waals surface area contributed by atoms with Crippen molar-refractivity contribution in [3.8, 4) is 5.69 Å². The van der Waals surface area contributed by atoms with Gasteiger partial charge in [0.05, 0.1) is 12.2 Å². The molecule has 0 aliphatic carbocycles. The van der Waals surface area contributed by atoms with E-state index in [1.165, 1.54) is 11.1 Å². The third-order valence-electron chi connectivity index (χ3n) is 3.18. The van der Waals surface area contributed by atoms with Crippen LogP contribution in [0.5, 0.6) is 0 Å². The van der Waals surface area contributed by atoms with Gasteiger partial charge in [0.25, 0.3) is 0 Å². The summed E-state index contributed by atoms with van der Waals surface area (Å²) in [6, 6.07) is 6.23. The zero-order valence-corrected chi connectivity index (χ0v) is 11.4. The highest BCUT2D eigenvalue weighted by Gasteiger charge is 2.15. The van der Waals surface area contributed by atoms with Crippen LogP contribution in [-0.2, 0) is 6.54 Å². The Kier molecular flexibility index (Phi) is 3.48. The van der Waals surface area contributed by atoms with E-state index in [0.717, 1.165) is 11.5 Å². The number of hydrogen-bond acceptors (Lipinski definition) is 3. The molecule has 1 heterocycles. The second kappa shape index (κ2) is 4.90. The molecule has 2 rings (SSSR count). The molecule has 0 saturated heterocycles. The fourth-order valence-corrected chi connectivity index (χ4v) is 1.97. The zero-order chi connectivity index (χ0) is 13.3. The molecule has 96 valence electrons. The van der Waals surface area contributed by atoms with Gasteiger partial charge in [0.15, 0.2) is 5.82 Å². The maximum atomic E-state index is 5.64. The van der Waals surface area contributed by atoms with E-state index in [9.17, 15) is 0 Å². The molecule has 4 heteroatoms. The molecule has 0 radical (unpaired) electrons. The molecule has 0 amide bonds. The summed E-state index contributed by atoms with van der Waals surface area (Å²) < 4.78 is 1.93. The number of rotatable bonds is 3. The molecule has 0 saturated carbocycles. The minimum atomic E-state index is 0.317. The Balaban J connectivity index is 2.62. The van der Waals surface area contributed by atoms with Crippen LogP contribution in [0.4, 0.5) is 0 Å². The number of hydrogen-bond donors (Lipinski definition) is 1. The van der Waals surface area contributed by atoms with Gasteiger partial charge in [-0.25, -0.2) is 9.67 Å². The molecule has 2 aromatic rings. The van der Waals surface area contributed by atoms with Gasteiger partial charge in [0.2, 0.25) is 0 Å². The van der Waals surface area contributed by atoms with Gasteiger partial charge in [-0.15, -0.1) is 5.10 Å². The topological polar surface area (TPSA) is 56.7 Å². The summed E-state index contributed by atoms with van der Waals surface area (Å²) in [6.07, 6.45) is 0. The summed E-state index contributed by atoms with van der Waals surface area (Å²) >= 11 is 0. The van der Waals surface area contributed by atoms with E-state index < -0.39 is 0 Å². The van der Waals surface area contributed by atoms with Gasteiger partial charge in [0.1, 0.15) is 5.82 Å². The van der Waals surface area contributed by atoms with Gasteiger partial charge >= 0.3 is 0 Å². The van der Waals surface area contributed by atoms with Gasteiger partial charge in [-0.2, -0.15) is 0 Å². The van der Waals surface area contributed by atoms with Crippen molar-refractivity contribution in [2.75, 3.05) is 0 Å². The van der Waals surface area contributed by atoms with E-state index >= 15 is 0 Å². The fourth-order valence-electron chi connectivity index (χ4n) is 1.97. The number of nitrogens with two attached hydrogens (primary N) is 1. The Bertz CT molecular complexity index is 555. The molecule has 0 bridgehead atoms. The van der Waals surface area contributed by atoms with Crippen molar-refractivity contribution in [3.05, 3.63) is 41.0 Å². The van der Waals surface area contributed by atoms with Crippen LogP contribution >= 0.6 is 0 Å². The lowest BCUT2D eigenvalue weighted by Gasteiger charge is -2.12. The normalized spacial score (nSPS) is 11.2. The highest BCUT2D eigenvalue weighted by Crippen LogP contribution is 2.21. The van der Waals surface area contributed by atoms with Gasteiger partial charge in [-0.05, 0) is 31.0 Å². The Labute approximate surface area is 108 Å². The summed E-state index contributed by atoms with van der Waals surface area (Å²) in [5, 5.41) is 4.50. The predicted molar refractivity (Wildman–Crippen MR) is 72.8 cm³/mol. The SMILES string of the molecule is Cc1cccc(-n2nc(CN)nc2C(C)C)c1C. The molecule has 18 heavy (non-hydrogen) atoms. The Morgan fingerprint density at radius 3 is 2.61 bits per heavy atom. The third-order valence-corrected chi connectivity index (χ3v) is 3.18. The number of benzene rings is 1. The third kappa shape index (κ3) is 2.16. The molecule has 0 aliphatic heterocycles. The van der Waals surface area contributed by atoms with Crippen molar-refractivity contribution < 1.29 is 0 Å². The first-order valence-electron chi connectivity index (χ1n) is 6.27. The van der Waals surface area contributed by atoms with Gasteiger partial charge in [-0.1, -0.05) is 26.0 Å².